The fourth-order valence-electron chi connectivity index (χ4n) is 4.76. The summed E-state index contributed by atoms with van der Waals surface area (Å²) in [4.78, 5) is 65.6. The Morgan fingerprint density at radius 1 is 0.911 bits per heavy atom. The van der Waals surface area contributed by atoms with Crippen LogP contribution in [-0.2, 0) is 25.5 Å². The minimum absolute atomic E-state index is 0.00167. The summed E-state index contributed by atoms with van der Waals surface area (Å²) in [6.07, 6.45) is 0.392. The molecule has 2 aromatic rings. The molecule has 1 fully saturated rings. The first-order valence-electron chi connectivity index (χ1n) is 14.9. The molecule has 14 heteroatoms. The summed E-state index contributed by atoms with van der Waals surface area (Å²) in [5, 5.41) is 22.1. The third kappa shape index (κ3) is 10.7. The fourth-order valence-corrected chi connectivity index (χ4v) is 4.98. The first kappa shape index (κ1) is 35.3. The summed E-state index contributed by atoms with van der Waals surface area (Å²) in [5.74, 6) is -1.97. The van der Waals surface area contributed by atoms with Gasteiger partial charge in [-0.2, -0.15) is 0 Å². The quantitative estimate of drug-likeness (QED) is 0.191. The van der Waals surface area contributed by atoms with Crippen molar-refractivity contribution in [1.82, 2.24) is 20.9 Å². The van der Waals surface area contributed by atoms with E-state index in [1.54, 1.807) is 30.9 Å². The zero-order valence-electron chi connectivity index (χ0n) is 25.9. The van der Waals surface area contributed by atoms with Crippen LogP contribution in [0.1, 0.15) is 39.7 Å². The minimum Gasteiger partial charge on any atom is -0.378 e. The molecular weight excluding hydrogens is 604 g/mol. The maximum absolute atomic E-state index is 13.7. The van der Waals surface area contributed by atoms with E-state index in [0.29, 0.717) is 26.3 Å². The number of rotatable bonds is 13. The number of benzene rings is 2. The highest BCUT2D eigenvalue weighted by Gasteiger charge is 2.32. The van der Waals surface area contributed by atoms with Crippen molar-refractivity contribution in [2.75, 3.05) is 31.6 Å². The maximum atomic E-state index is 13.7. The van der Waals surface area contributed by atoms with E-state index < -0.39 is 40.8 Å². The number of nitrogens with one attached hydrogen (secondary N) is 4. The number of nitro groups is 1. The number of halogens is 1. The monoisotopic (exact) mass is 644 g/mol. The van der Waals surface area contributed by atoms with Gasteiger partial charge in [0.1, 0.15) is 18.1 Å². The molecule has 3 rings (SSSR count). The van der Waals surface area contributed by atoms with Crippen molar-refractivity contribution >= 4 is 46.7 Å². The predicted molar refractivity (Wildman–Crippen MR) is 170 cm³/mol. The van der Waals surface area contributed by atoms with Gasteiger partial charge in [0.25, 0.3) is 5.69 Å². The summed E-state index contributed by atoms with van der Waals surface area (Å²) in [6, 6.07) is 9.32. The highest BCUT2D eigenvalue weighted by Crippen LogP contribution is 2.27. The Hall–Kier alpha value is -4.23. The molecule has 13 nitrogen and oxygen atoms in total. The fraction of sp³-hybridized carbons (Fsp3) is 0.484. The number of hydrogen-bond acceptors (Lipinski definition) is 7. The molecule has 1 saturated heterocycles. The van der Waals surface area contributed by atoms with E-state index in [-0.39, 0.29) is 47.1 Å². The number of carbonyl (C=O) groups excluding carboxylic acids is 4. The van der Waals surface area contributed by atoms with Gasteiger partial charge in [-0.05, 0) is 29.9 Å². The molecule has 244 valence electrons. The summed E-state index contributed by atoms with van der Waals surface area (Å²) in [6.45, 7) is 9.04. The second kappa shape index (κ2) is 16.7. The zero-order valence-corrected chi connectivity index (χ0v) is 26.6. The van der Waals surface area contributed by atoms with E-state index in [2.05, 4.69) is 21.3 Å². The summed E-state index contributed by atoms with van der Waals surface area (Å²) in [7, 11) is 0. The number of anilines is 1. The van der Waals surface area contributed by atoms with Crippen LogP contribution in [0.25, 0.3) is 0 Å². The Bertz CT molecular complexity index is 1350. The standard InChI is InChI=1S/C31H41ClN6O7/c1-19(2)16-25(35-30(41)27(20(3)4)36-31(42)37-12-14-45-15-13-37)28(39)34-26(17-21-8-6-5-7-9-21)29(40)33-24-11-10-22(38(43)44)18-23(24)32/h5-11,18-20,25-27H,12-17H2,1-4H3,(H,33,40)(H,34,39)(H,35,41)(H,36,42)/t25-,26-,27-/m0/s1. The van der Waals surface area contributed by atoms with Crippen LogP contribution in [0.15, 0.2) is 48.5 Å². The van der Waals surface area contributed by atoms with Gasteiger partial charge in [-0.25, -0.2) is 4.79 Å². The SMILES string of the molecule is CC(C)C[C@H](NC(=O)[C@@H](NC(=O)N1CCOCC1)C(C)C)C(=O)N[C@@H](Cc1ccccc1)C(=O)Nc1ccc([N+](=O)[O-])cc1Cl. The third-order valence-electron chi connectivity index (χ3n) is 7.20. The van der Waals surface area contributed by atoms with Crippen molar-refractivity contribution in [1.29, 1.82) is 0 Å². The minimum atomic E-state index is -1.08. The molecule has 0 spiro atoms. The average Bonchev–Trinajstić information content (AvgIpc) is 3.00. The number of amides is 5. The lowest BCUT2D eigenvalue weighted by molar-refractivity contribution is -0.384. The van der Waals surface area contributed by atoms with Crippen LogP contribution in [-0.4, -0.2) is 78.0 Å². The first-order chi connectivity index (χ1) is 21.3. The van der Waals surface area contributed by atoms with Crippen molar-refractivity contribution < 1.29 is 28.8 Å². The highest BCUT2D eigenvalue weighted by molar-refractivity contribution is 6.34. The summed E-state index contributed by atoms with van der Waals surface area (Å²) >= 11 is 6.20. The van der Waals surface area contributed by atoms with Crippen molar-refractivity contribution in [3.05, 3.63) is 69.2 Å². The van der Waals surface area contributed by atoms with Gasteiger partial charge >= 0.3 is 6.03 Å². The van der Waals surface area contributed by atoms with E-state index >= 15 is 0 Å². The Morgan fingerprint density at radius 2 is 1.56 bits per heavy atom. The number of hydrogen-bond donors (Lipinski definition) is 4. The van der Waals surface area contributed by atoms with Crippen LogP contribution in [0.4, 0.5) is 16.2 Å². The molecule has 0 saturated carbocycles. The average molecular weight is 645 g/mol. The topological polar surface area (TPSA) is 172 Å². The maximum Gasteiger partial charge on any atom is 0.318 e. The van der Waals surface area contributed by atoms with Gasteiger partial charge in [-0.15, -0.1) is 0 Å². The van der Waals surface area contributed by atoms with Crippen molar-refractivity contribution in [2.45, 2.75) is 58.7 Å². The number of ether oxygens (including phenoxy) is 1. The van der Waals surface area contributed by atoms with E-state index in [9.17, 15) is 29.3 Å². The van der Waals surface area contributed by atoms with Crippen molar-refractivity contribution in [3.8, 4) is 0 Å². The molecule has 1 heterocycles. The Balaban J connectivity index is 1.79. The van der Waals surface area contributed by atoms with Crippen molar-refractivity contribution in [3.63, 3.8) is 0 Å². The summed E-state index contributed by atoms with van der Waals surface area (Å²) in [5.41, 5.74) is 0.672. The lowest BCUT2D eigenvalue weighted by Crippen LogP contribution is -2.59. The molecule has 45 heavy (non-hydrogen) atoms. The number of nitro benzene ring substituents is 1. The molecule has 0 bridgehead atoms. The van der Waals surface area contributed by atoms with Crippen LogP contribution in [0.2, 0.25) is 5.02 Å². The Morgan fingerprint density at radius 3 is 2.13 bits per heavy atom. The van der Waals surface area contributed by atoms with Crippen molar-refractivity contribution in [2.24, 2.45) is 11.8 Å². The van der Waals surface area contributed by atoms with E-state index in [0.717, 1.165) is 11.6 Å². The number of morpholine rings is 1. The molecule has 0 aliphatic carbocycles. The van der Waals surface area contributed by atoms with Crippen LogP contribution in [0.3, 0.4) is 0 Å². The van der Waals surface area contributed by atoms with Gasteiger partial charge in [0.05, 0.1) is 28.8 Å². The molecule has 2 aromatic carbocycles. The van der Waals surface area contributed by atoms with Gasteiger partial charge in [-0.3, -0.25) is 24.5 Å². The van der Waals surface area contributed by atoms with Gasteiger partial charge < -0.3 is 30.9 Å². The molecule has 1 aliphatic rings. The molecule has 0 radical (unpaired) electrons. The Labute approximate surface area is 267 Å². The number of urea groups is 1. The van der Waals surface area contributed by atoms with Crippen LogP contribution >= 0.6 is 11.6 Å². The molecule has 3 atom stereocenters. The molecule has 0 aromatic heterocycles. The van der Waals surface area contributed by atoms with E-state index in [4.69, 9.17) is 16.3 Å². The first-order valence-corrected chi connectivity index (χ1v) is 15.3. The molecule has 5 amide bonds. The van der Waals surface area contributed by atoms with Gasteiger partial charge in [0.2, 0.25) is 17.7 Å². The van der Waals surface area contributed by atoms with Crippen LogP contribution in [0.5, 0.6) is 0 Å². The third-order valence-corrected chi connectivity index (χ3v) is 7.52. The van der Waals surface area contributed by atoms with Gasteiger partial charge in [0.15, 0.2) is 0 Å². The molecule has 1 aliphatic heterocycles. The number of nitrogens with zero attached hydrogens (tertiary/aromatic N) is 2. The zero-order chi connectivity index (χ0) is 33.1. The number of non-ortho nitro benzene ring substituents is 1. The molecule has 4 N–H and O–H groups in total. The normalized spacial score (nSPS) is 15.1. The second-order valence-electron chi connectivity index (χ2n) is 11.6. The van der Waals surface area contributed by atoms with Crippen LogP contribution < -0.4 is 21.3 Å². The van der Waals surface area contributed by atoms with Crippen LogP contribution in [0, 0.1) is 22.0 Å². The largest absolute Gasteiger partial charge is 0.378 e. The lowest BCUT2D eigenvalue weighted by Gasteiger charge is -2.31. The van der Waals surface area contributed by atoms with Gasteiger partial charge in [-0.1, -0.05) is 69.6 Å². The summed E-state index contributed by atoms with van der Waals surface area (Å²) < 4.78 is 5.30. The Kier molecular flexibility index (Phi) is 13.1. The second-order valence-corrected chi connectivity index (χ2v) is 12.0. The van der Waals surface area contributed by atoms with Gasteiger partial charge in [0, 0.05) is 31.6 Å². The number of carbonyl (C=O) groups is 4. The lowest BCUT2D eigenvalue weighted by atomic mass is 9.99. The molecular formula is C31H41ClN6O7. The van der Waals surface area contributed by atoms with E-state index in [1.165, 1.54) is 12.1 Å². The smallest absolute Gasteiger partial charge is 0.318 e. The highest BCUT2D eigenvalue weighted by atomic mass is 35.5. The molecule has 0 unspecified atom stereocenters. The van der Waals surface area contributed by atoms with E-state index in [1.807, 2.05) is 32.0 Å². The predicted octanol–water partition coefficient (Wildman–Crippen LogP) is 3.51.